The molecule has 0 aliphatic carbocycles. The Balaban J connectivity index is 2.73. The number of rotatable bonds is 8. The lowest BCUT2D eigenvalue weighted by Gasteiger charge is -2.20. The molecule has 0 heterocycles. The minimum Gasteiger partial charge on any atom is -0.328 e. The largest absolute Gasteiger partial charge is 0.416 e. The second-order valence-corrected chi connectivity index (χ2v) is 8.24. The van der Waals surface area contributed by atoms with Crippen molar-refractivity contribution < 1.29 is 37.1 Å². The highest BCUT2D eigenvalue weighted by Crippen LogP contribution is 2.35. The maximum atomic E-state index is 12.5. The predicted octanol–water partition coefficient (Wildman–Crippen LogP) is 3.38. The molecule has 1 aromatic carbocycles. The summed E-state index contributed by atoms with van der Waals surface area (Å²) in [5.74, 6) is -0.519. The van der Waals surface area contributed by atoms with Gasteiger partial charge in [0.05, 0.1) is 17.8 Å². The molecule has 7 nitrogen and oxygen atoms in total. The van der Waals surface area contributed by atoms with E-state index in [0.717, 1.165) is 24.3 Å². The summed E-state index contributed by atoms with van der Waals surface area (Å²) in [6.07, 6.45) is -5.26. The van der Waals surface area contributed by atoms with E-state index in [4.69, 9.17) is 9.79 Å². The van der Waals surface area contributed by atoms with Crippen molar-refractivity contribution in [3.05, 3.63) is 29.8 Å². The summed E-state index contributed by atoms with van der Waals surface area (Å²) in [6.45, 7) is 3.61. The molecule has 0 saturated heterocycles. The third-order valence-electron chi connectivity index (χ3n) is 3.52. The predicted molar refractivity (Wildman–Crippen MR) is 93.4 cm³/mol. The van der Waals surface area contributed by atoms with E-state index in [1.165, 1.54) is 0 Å². The Labute approximate surface area is 154 Å². The molecule has 0 spiro atoms. The highest BCUT2D eigenvalue weighted by Gasteiger charge is 2.30. The van der Waals surface area contributed by atoms with Gasteiger partial charge in [0.1, 0.15) is 0 Å². The van der Waals surface area contributed by atoms with Gasteiger partial charge in [-0.25, -0.2) is 4.79 Å². The van der Waals surface area contributed by atoms with Crippen molar-refractivity contribution in [3.63, 3.8) is 0 Å². The van der Waals surface area contributed by atoms with Gasteiger partial charge in [-0.3, -0.25) is 9.36 Å². The third kappa shape index (κ3) is 9.03. The molecule has 11 heteroatoms. The lowest BCUT2D eigenvalue weighted by atomic mass is 9.99. The van der Waals surface area contributed by atoms with E-state index in [9.17, 15) is 27.3 Å². The van der Waals surface area contributed by atoms with Crippen molar-refractivity contribution in [2.75, 3.05) is 11.5 Å². The number of ketones is 1. The Morgan fingerprint density at radius 2 is 1.70 bits per heavy atom. The van der Waals surface area contributed by atoms with Crippen LogP contribution in [0.25, 0.3) is 0 Å². The van der Waals surface area contributed by atoms with Crippen LogP contribution in [0.3, 0.4) is 0 Å². The average molecular weight is 410 g/mol. The van der Waals surface area contributed by atoms with Gasteiger partial charge >= 0.3 is 19.8 Å². The smallest absolute Gasteiger partial charge is 0.328 e. The van der Waals surface area contributed by atoms with Gasteiger partial charge in [0.25, 0.3) is 0 Å². The Morgan fingerprint density at radius 1 is 1.15 bits per heavy atom. The van der Waals surface area contributed by atoms with Crippen molar-refractivity contribution >= 4 is 25.1 Å². The number of hydrogen-bond donors (Lipinski definition) is 4. The SMILES string of the molecule is CC(C)C[C@H](NC(=O)Nc1ccc(C(F)(F)F)cc1)C(=O)CCP(=O)(O)O. The normalized spacial score (nSPS) is 13.3. The number of benzene rings is 1. The molecule has 0 unspecified atom stereocenters. The first kappa shape index (κ1) is 23.1. The monoisotopic (exact) mass is 410 g/mol. The van der Waals surface area contributed by atoms with Gasteiger partial charge in [0, 0.05) is 12.1 Å². The minimum atomic E-state index is -4.49. The first-order valence-corrected chi connectivity index (χ1v) is 9.90. The van der Waals surface area contributed by atoms with Gasteiger partial charge in [-0.15, -0.1) is 0 Å². The van der Waals surface area contributed by atoms with Crippen molar-refractivity contribution in [2.45, 2.75) is 38.9 Å². The lowest BCUT2D eigenvalue weighted by Crippen LogP contribution is -2.44. The molecular weight excluding hydrogens is 388 g/mol. The first-order valence-electron chi connectivity index (χ1n) is 8.10. The van der Waals surface area contributed by atoms with Crippen molar-refractivity contribution in [2.24, 2.45) is 5.92 Å². The highest BCUT2D eigenvalue weighted by molar-refractivity contribution is 7.51. The number of carbonyl (C=O) groups excluding carboxylic acids is 2. The number of urea groups is 1. The van der Waals surface area contributed by atoms with Gasteiger partial charge in [-0.2, -0.15) is 13.2 Å². The number of hydrogen-bond acceptors (Lipinski definition) is 3. The molecule has 1 rings (SSSR count). The second-order valence-electron chi connectivity index (χ2n) is 6.46. The summed E-state index contributed by atoms with van der Waals surface area (Å²) < 4.78 is 48.5. The number of carbonyl (C=O) groups is 2. The lowest BCUT2D eigenvalue weighted by molar-refractivity contribution is -0.137. The van der Waals surface area contributed by atoms with Crippen molar-refractivity contribution in [1.29, 1.82) is 0 Å². The van der Waals surface area contributed by atoms with Crippen LogP contribution in [0.4, 0.5) is 23.7 Å². The fraction of sp³-hybridized carbons (Fsp3) is 0.500. The number of halogens is 3. The molecule has 27 heavy (non-hydrogen) atoms. The van der Waals surface area contributed by atoms with E-state index in [0.29, 0.717) is 0 Å². The van der Waals surface area contributed by atoms with E-state index < -0.39 is 49.8 Å². The van der Waals surface area contributed by atoms with Crippen LogP contribution in [-0.4, -0.2) is 33.8 Å². The second kappa shape index (κ2) is 9.34. The number of Topliss-reactive ketones (excluding diaryl/α,β-unsaturated/α-hetero) is 1. The topological polar surface area (TPSA) is 116 Å². The first-order chi connectivity index (χ1) is 12.3. The van der Waals surface area contributed by atoms with Gasteiger partial charge in [0.15, 0.2) is 5.78 Å². The molecule has 0 radical (unpaired) electrons. The van der Waals surface area contributed by atoms with Crippen LogP contribution in [-0.2, 0) is 15.5 Å². The van der Waals surface area contributed by atoms with Crippen LogP contribution in [0.5, 0.6) is 0 Å². The fourth-order valence-corrected chi connectivity index (χ4v) is 2.75. The fourth-order valence-electron chi connectivity index (χ4n) is 2.24. The van der Waals surface area contributed by atoms with Crippen LogP contribution in [0.1, 0.15) is 32.3 Å². The highest BCUT2D eigenvalue weighted by atomic mass is 31.2. The van der Waals surface area contributed by atoms with Crippen LogP contribution in [0.15, 0.2) is 24.3 Å². The molecule has 1 aromatic rings. The van der Waals surface area contributed by atoms with E-state index >= 15 is 0 Å². The van der Waals surface area contributed by atoms with Crippen LogP contribution in [0.2, 0.25) is 0 Å². The Hall–Kier alpha value is -1.90. The quantitative estimate of drug-likeness (QED) is 0.491. The molecular formula is C16H22F3N2O5P. The van der Waals surface area contributed by atoms with Gasteiger partial charge < -0.3 is 20.4 Å². The van der Waals surface area contributed by atoms with Crippen LogP contribution in [0, 0.1) is 5.92 Å². The molecule has 2 amide bonds. The molecule has 1 atom stereocenters. The van der Waals surface area contributed by atoms with Gasteiger partial charge in [-0.1, -0.05) is 13.8 Å². The molecule has 0 aliphatic heterocycles. The number of amides is 2. The Bertz CT molecular complexity index is 701. The van der Waals surface area contributed by atoms with Crippen LogP contribution >= 0.6 is 7.60 Å². The summed E-state index contributed by atoms with van der Waals surface area (Å²) in [5.41, 5.74) is -0.759. The third-order valence-corrected chi connectivity index (χ3v) is 4.33. The van der Waals surface area contributed by atoms with E-state index in [1.54, 1.807) is 13.8 Å². The Morgan fingerprint density at radius 3 is 2.15 bits per heavy atom. The maximum absolute atomic E-state index is 12.5. The standard InChI is InChI=1S/C16H22F3N2O5P/c1-10(2)9-13(14(22)7-8-27(24,25)26)21-15(23)20-12-5-3-11(4-6-12)16(17,18)19/h3-6,10,13H,7-9H2,1-2H3,(H2,20,21,23)(H2,24,25,26)/t13-/m0/s1. The molecule has 0 aliphatic rings. The van der Waals surface area contributed by atoms with E-state index in [1.807, 2.05) is 0 Å². The molecule has 152 valence electrons. The molecule has 0 bridgehead atoms. The number of alkyl halides is 3. The van der Waals surface area contributed by atoms with Gasteiger partial charge in [-0.05, 0) is 36.6 Å². The number of nitrogens with one attached hydrogen (secondary N) is 2. The minimum absolute atomic E-state index is 0.0142. The van der Waals surface area contributed by atoms with E-state index in [2.05, 4.69) is 10.6 Å². The Kier molecular flexibility index (Phi) is 8.01. The maximum Gasteiger partial charge on any atom is 0.416 e. The van der Waals surface area contributed by atoms with Crippen molar-refractivity contribution in [1.82, 2.24) is 5.32 Å². The molecule has 4 N–H and O–H groups in total. The zero-order valence-electron chi connectivity index (χ0n) is 14.8. The molecule has 0 aromatic heterocycles. The summed E-state index contributed by atoms with van der Waals surface area (Å²) in [7, 11) is -4.34. The van der Waals surface area contributed by atoms with Crippen LogP contribution < -0.4 is 10.6 Å². The van der Waals surface area contributed by atoms with Gasteiger partial charge in [0.2, 0.25) is 0 Å². The van der Waals surface area contributed by atoms with E-state index in [-0.39, 0.29) is 18.0 Å². The summed E-state index contributed by atoms with van der Waals surface area (Å²) >= 11 is 0. The molecule has 0 fully saturated rings. The number of anilines is 1. The summed E-state index contributed by atoms with van der Waals surface area (Å²) in [5, 5.41) is 4.73. The summed E-state index contributed by atoms with van der Waals surface area (Å²) in [4.78, 5) is 41.9. The zero-order chi connectivity index (χ0) is 20.8. The average Bonchev–Trinajstić information content (AvgIpc) is 2.50. The summed E-state index contributed by atoms with van der Waals surface area (Å²) in [6, 6.07) is 2.01. The zero-order valence-corrected chi connectivity index (χ0v) is 15.7. The van der Waals surface area contributed by atoms with Crippen molar-refractivity contribution in [3.8, 4) is 0 Å². The molecule has 0 saturated carbocycles.